The number of carbonyl (C=O) groups excluding carboxylic acids is 1. The van der Waals surface area contributed by atoms with Crippen LogP contribution in [0.15, 0.2) is 18.2 Å². The number of ketones is 1. The molecule has 1 aromatic rings. The van der Waals surface area contributed by atoms with Gasteiger partial charge in [-0.1, -0.05) is 30.7 Å². The van der Waals surface area contributed by atoms with Crippen molar-refractivity contribution in [3.8, 4) is 0 Å². The molecule has 0 radical (unpaired) electrons. The molecular weight excluding hydrogens is 234 g/mol. The molecule has 0 spiro atoms. The second-order valence-electron chi connectivity index (χ2n) is 6.20. The molecule has 0 bridgehead atoms. The van der Waals surface area contributed by atoms with Crippen LogP contribution in [0.2, 0.25) is 0 Å². The molecule has 1 aromatic carbocycles. The Bertz CT molecular complexity index is 466. The number of aryl methyl sites for hydroxylation is 2. The number of Topliss-reactive ketones (excluding diaryl/α,β-unsaturated/α-hetero) is 1. The van der Waals surface area contributed by atoms with E-state index in [1.54, 1.807) is 0 Å². The van der Waals surface area contributed by atoms with Gasteiger partial charge in [-0.25, -0.2) is 0 Å². The fourth-order valence-electron chi connectivity index (χ4n) is 3.00. The van der Waals surface area contributed by atoms with Gasteiger partial charge in [0.15, 0.2) is 5.78 Å². The maximum absolute atomic E-state index is 12.5. The van der Waals surface area contributed by atoms with E-state index < -0.39 is 0 Å². The van der Waals surface area contributed by atoms with Crippen molar-refractivity contribution >= 4 is 5.78 Å². The van der Waals surface area contributed by atoms with Crippen LogP contribution in [-0.4, -0.2) is 29.8 Å². The minimum Gasteiger partial charge on any atom is -0.293 e. The summed E-state index contributed by atoms with van der Waals surface area (Å²) in [7, 11) is 0. The van der Waals surface area contributed by atoms with E-state index in [9.17, 15) is 4.79 Å². The van der Waals surface area contributed by atoms with Gasteiger partial charge in [-0.3, -0.25) is 9.69 Å². The quantitative estimate of drug-likeness (QED) is 0.773. The smallest absolute Gasteiger partial charge is 0.177 e. The van der Waals surface area contributed by atoms with Crippen LogP contribution >= 0.6 is 0 Å². The third-order valence-corrected chi connectivity index (χ3v) is 4.28. The number of benzene rings is 1. The van der Waals surface area contributed by atoms with Crippen LogP contribution in [0.1, 0.15) is 48.2 Å². The summed E-state index contributed by atoms with van der Waals surface area (Å²) in [4.78, 5) is 14.8. The first-order chi connectivity index (χ1) is 8.97. The molecule has 104 valence electrons. The molecule has 19 heavy (non-hydrogen) atoms. The Morgan fingerprint density at radius 2 is 2.00 bits per heavy atom. The van der Waals surface area contributed by atoms with E-state index in [2.05, 4.69) is 31.7 Å². The van der Waals surface area contributed by atoms with Gasteiger partial charge in [0.2, 0.25) is 0 Å². The molecule has 0 saturated carbocycles. The monoisotopic (exact) mass is 259 g/mol. The van der Waals surface area contributed by atoms with Gasteiger partial charge in [-0.05, 0) is 45.1 Å². The molecule has 1 saturated heterocycles. The topological polar surface area (TPSA) is 20.3 Å². The third-order valence-electron chi connectivity index (χ3n) is 4.28. The SMILES string of the molecule is Cc1ccc(C(=O)CN2CC(C)CCC2C)c(C)c1. The highest BCUT2D eigenvalue weighted by molar-refractivity contribution is 5.99. The van der Waals surface area contributed by atoms with Gasteiger partial charge < -0.3 is 0 Å². The summed E-state index contributed by atoms with van der Waals surface area (Å²) in [6.45, 7) is 10.2. The summed E-state index contributed by atoms with van der Waals surface area (Å²) >= 11 is 0. The highest BCUT2D eigenvalue weighted by atomic mass is 16.1. The predicted octanol–water partition coefficient (Wildman–Crippen LogP) is 3.61. The van der Waals surface area contributed by atoms with Crippen molar-refractivity contribution in [3.05, 3.63) is 34.9 Å². The minimum atomic E-state index is 0.262. The molecule has 1 aliphatic heterocycles. The van der Waals surface area contributed by atoms with E-state index in [0.29, 0.717) is 18.5 Å². The zero-order chi connectivity index (χ0) is 14.0. The maximum atomic E-state index is 12.5. The van der Waals surface area contributed by atoms with Gasteiger partial charge in [0.05, 0.1) is 6.54 Å². The lowest BCUT2D eigenvalue weighted by molar-refractivity contribution is 0.0805. The van der Waals surface area contributed by atoms with Gasteiger partial charge in [-0.15, -0.1) is 0 Å². The Balaban J connectivity index is 2.07. The number of hydrogen-bond acceptors (Lipinski definition) is 2. The first kappa shape index (κ1) is 14.3. The normalized spacial score (nSPS) is 24.4. The van der Waals surface area contributed by atoms with Crippen LogP contribution in [0.4, 0.5) is 0 Å². The summed E-state index contributed by atoms with van der Waals surface area (Å²) in [5.41, 5.74) is 3.20. The molecule has 2 unspecified atom stereocenters. The number of carbonyl (C=O) groups is 1. The summed E-state index contributed by atoms with van der Waals surface area (Å²) < 4.78 is 0. The Morgan fingerprint density at radius 3 is 2.68 bits per heavy atom. The first-order valence-electron chi connectivity index (χ1n) is 7.32. The third kappa shape index (κ3) is 3.44. The number of rotatable bonds is 3. The summed E-state index contributed by atoms with van der Waals surface area (Å²) in [6, 6.07) is 6.63. The molecule has 1 fully saturated rings. The fraction of sp³-hybridized carbons (Fsp3) is 0.588. The van der Waals surface area contributed by atoms with Crippen LogP contribution in [0.25, 0.3) is 0 Å². The second kappa shape index (κ2) is 5.87. The number of piperidine rings is 1. The number of nitrogens with zero attached hydrogens (tertiary/aromatic N) is 1. The largest absolute Gasteiger partial charge is 0.293 e. The van der Waals surface area contributed by atoms with E-state index in [4.69, 9.17) is 0 Å². The minimum absolute atomic E-state index is 0.262. The Hall–Kier alpha value is -1.15. The van der Waals surface area contributed by atoms with Crippen molar-refractivity contribution in [1.29, 1.82) is 0 Å². The van der Waals surface area contributed by atoms with Crippen LogP contribution in [-0.2, 0) is 0 Å². The molecule has 1 heterocycles. The van der Waals surface area contributed by atoms with Crippen LogP contribution in [0, 0.1) is 19.8 Å². The maximum Gasteiger partial charge on any atom is 0.177 e. The van der Waals surface area contributed by atoms with Crippen molar-refractivity contribution < 1.29 is 4.79 Å². The zero-order valence-corrected chi connectivity index (χ0v) is 12.6. The summed E-state index contributed by atoms with van der Waals surface area (Å²) in [5, 5.41) is 0. The van der Waals surface area contributed by atoms with E-state index >= 15 is 0 Å². The van der Waals surface area contributed by atoms with Crippen LogP contribution in [0.5, 0.6) is 0 Å². The molecule has 1 aliphatic rings. The van der Waals surface area contributed by atoms with Gasteiger partial charge in [0.25, 0.3) is 0 Å². The molecule has 0 amide bonds. The molecule has 2 rings (SSSR count). The molecule has 2 heteroatoms. The van der Waals surface area contributed by atoms with Crippen molar-refractivity contribution in [2.24, 2.45) is 5.92 Å². The average Bonchev–Trinajstić information content (AvgIpc) is 2.33. The van der Waals surface area contributed by atoms with Gasteiger partial charge in [0, 0.05) is 18.2 Å². The lowest BCUT2D eigenvalue weighted by atomic mass is 9.94. The van der Waals surface area contributed by atoms with E-state index in [-0.39, 0.29) is 5.78 Å². The summed E-state index contributed by atoms with van der Waals surface area (Å²) in [6.07, 6.45) is 2.50. The van der Waals surface area contributed by atoms with Crippen molar-refractivity contribution in [2.75, 3.05) is 13.1 Å². The Morgan fingerprint density at radius 1 is 1.26 bits per heavy atom. The first-order valence-corrected chi connectivity index (χ1v) is 7.32. The van der Waals surface area contributed by atoms with Crippen molar-refractivity contribution in [1.82, 2.24) is 4.90 Å². The van der Waals surface area contributed by atoms with Gasteiger partial charge >= 0.3 is 0 Å². The predicted molar refractivity (Wildman–Crippen MR) is 79.7 cm³/mol. The molecule has 0 aliphatic carbocycles. The average molecular weight is 259 g/mol. The van der Waals surface area contributed by atoms with E-state index in [1.807, 2.05) is 19.1 Å². The zero-order valence-electron chi connectivity index (χ0n) is 12.6. The Kier molecular flexibility index (Phi) is 4.41. The van der Waals surface area contributed by atoms with Gasteiger partial charge in [0.1, 0.15) is 0 Å². The highest BCUT2D eigenvalue weighted by Crippen LogP contribution is 2.22. The second-order valence-corrected chi connectivity index (χ2v) is 6.20. The fourth-order valence-corrected chi connectivity index (χ4v) is 3.00. The number of likely N-dealkylation sites (tertiary alicyclic amines) is 1. The lowest BCUT2D eigenvalue weighted by Crippen LogP contribution is -2.43. The summed E-state index contributed by atoms with van der Waals surface area (Å²) in [5.74, 6) is 0.974. The molecule has 0 aromatic heterocycles. The molecular formula is C17H25NO. The molecule has 0 N–H and O–H groups in total. The van der Waals surface area contributed by atoms with Crippen molar-refractivity contribution in [2.45, 2.75) is 46.6 Å². The van der Waals surface area contributed by atoms with Crippen LogP contribution < -0.4 is 0 Å². The van der Waals surface area contributed by atoms with E-state index in [0.717, 1.165) is 17.7 Å². The standard InChI is InChI=1S/C17H25NO/c1-12-6-8-16(14(3)9-12)17(19)11-18-10-13(2)5-7-15(18)4/h6,8-9,13,15H,5,7,10-11H2,1-4H3. The number of hydrogen-bond donors (Lipinski definition) is 0. The highest BCUT2D eigenvalue weighted by Gasteiger charge is 2.25. The molecule has 2 atom stereocenters. The van der Waals surface area contributed by atoms with Crippen LogP contribution in [0.3, 0.4) is 0 Å². The lowest BCUT2D eigenvalue weighted by Gasteiger charge is -2.36. The van der Waals surface area contributed by atoms with Gasteiger partial charge in [-0.2, -0.15) is 0 Å². The Labute approximate surface area is 116 Å². The molecule has 2 nitrogen and oxygen atoms in total. The van der Waals surface area contributed by atoms with E-state index in [1.165, 1.54) is 18.4 Å². The van der Waals surface area contributed by atoms with Crippen molar-refractivity contribution in [3.63, 3.8) is 0 Å².